The maximum Gasteiger partial charge on any atom is 0.0168 e. The van der Waals surface area contributed by atoms with E-state index in [1.54, 1.807) is 0 Å². The Labute approximate surface area is 116 Å². The normalized spacial score (nSPS) is 36.5. The lowest BCUT2D eigenvalue weighted by molar-refractivity contribution is 0.0656. The molecule has 1 aliphatic carbocycles. The second kappa shape index (κ2) is 6.15. The molecule has 0 aromatic heterocycles. The van der Waals surface area contributed by atoms with Crippen molar-refractivity contribution in [3.63, 3.8) is 0 Å². The zero-order chi connectivity index (χ0) is 12.4. The van der Waals surface area contributed by atoms with E-state index < -0.39 is 0 Å². The highest BCUT2D eigenvalue weighted by molar-refractivity contribution is 7.99. The van der Waals surface area contributed by atoms with Crippen molar-refractivity contribution >= 4 is 11.8 Å². The van der Waals surface area contributed by atoms with Crippen molar-refractivity contribution in [1.29, 1.82) is 0 Å². The zero-order valence-corrected chi connectivity index (χ0v) is 12.6. The minimum atomic E-state index is 0.719. The molecule has 2 nitrogen and oxygen atoms in total. The van der Waals surface area contributed by atoms with Crippen LogP contribution in [0.25, 0.3) is 0 Å². The summed E-state index contributed by atoms with van der Waals surface area (Å²) in [5.74, 6) is 3.59. The van der Waals surface area contributed by atoms with Crippen molar-refractivity contribution in [3.8, 4) is 0 Å². The molecule has 2 aliphatic heterocycles. The van der Waals surface area contributed by atoms with E-state index in [0.29, 0.717) is 0 Å². The van der Waals surface area contributed by atoms with Crippen LogP contribution in [-0.4, -0.2) is 47.6 Å². The smallest absolute Gasteiger partial charge is 0.0168 e. The van der Waals surface area contributed by atoms with Crippen LogP contribution in [0.5, 0.6) is 0 Å². The molecular formula is C15H28N2S. The predicted octanol–water partition coefficient (Wildman–Crippen LogP) is 2.73. The fourth-order valence-corrected chi connectivity index (χ4v) is 4.87. The zero-order valence-electron chi connectivity index (χ0n) is 11.7. The largest absolute Gasteiger partial charge is 0.310 e. The van der Waals surface area contributed by atoms with Gasteiger partial charge in [-0.15, -0.1) is 0 Å². The monoisotopic (exact) mass is 268 g/mol. The van der Waals surface area contributed by atoms with Crippen LogP contribution in [0.15, 0.2) is 0 Å². The number of likely N-dealkylation sites (tertiary alicyclic amines) is 1. The van der Waals surface area contributed by atoms with E-state index in [0.717, 1.165) is 24.0 Å². The average molecular weight is 268 g/mol. The van der Waals surface area contributed by atoms with Gasteiger partial charge in [0.05, 0.1) is 0 Å². The molecule has 0 aromatic rings. The van der Waals surface area contributed by atoms with Crippen molar-refractivity contribution in [2.45, 2.75) is 63.6 Å². The molecule has 3 fully saturated rings. The summed E-state index contributed by atoms with van der Waals surface area (Å²) in [6, 6.07) is 2.46. The first-order valence-corrected chi connectivity index (χ1v) is 9.06. The van der Waals surface area contributed by atoms with E-state index in [2.05, 4.69) is 28.9 Å². The second-order valence-corrected chi connectivity index (χ2v) is 7.65. The molecule has 3 heteroatoms. The molecule has 0 aromatic carbocycles. The third kappa shape index (κ3) is 3.05. The van der Waals surface area contributed by atoms with Gasteiger partial charge in [-0.3, -0.25) is 0 Å². The topological polar surface area (TPSA) is 15.3 Å². The van der Waals surface area contributed by atoms with E-state index in [9.17, 15) is 0 Å². The van der Waals surface area contributed by atoms with Gasteiger partial charge in [-0.2, -0.15) is 11.8 Å². The summed E-state index contributed by atoms with van der Waals surface area (Å²) < 4.78 is 0. The molecule has 0 unspecified atom stereocenters. The molecule has 3 atom stereocenters. The quantitative estimate of drug-likeness (QED) is 0.844. The lowest BCUT2D eigenvalue weighted by Crippen LogP contribution is -2.51. The SMILES string of the molecule is C[C@H](N[C@@H]1CCSC1)[C@@H]1CCCN(C2CCC2)C1. The Hall–Kier alpha value is 0.270. The molecule has 3 aliphatic rings. The van der Waals surface area contributed by atoms with Crippen LogP contribution in [0.1, 0.15) is 45.4 Å². The van der Waals surface area contributed by atoms with Crippen molar-refractivity contribution in [3.05, 3.63) is 0 Å². The van der Waals surface area contributed by atoms with Crippen LogP contribution in [-0.2, 0) is 0 Å². The van der Waals surface area contributed by atoms with Gasteiger partial charge in [0.1, 0.15) is 0 Å². The minimum absolute atomic E-state index is 0.719. The molecule has 2 saturated heterocycles. The molecule has 2 heterocycles. The summed E-state index contributed by atoms with van der Waals surface area (Å²) in [7, 11) is 0. The molecule has 0 bridgehead atoms. The number of rotatable bonds is 4. The van der Waals surface area contributed by atoms with E-state index in [4.69, 9.17) is 0 Å². The molecule has 1 saturated carbocycles. The van der Waals surface area contributed by atoms with Gasteiger partial charge in [-0.1, -0.05) is 6.42 Å². The van der Waals surface area contributed by atoms with E-state index in [1.807, 2.05) is 0 Å². The Balaban J connectivity index is 1.47. The fraction of sp³-hybridized carbons (Fsp3) is 1.00. The fourth-order valence-electron chi connectivity index (χ4n) is 3.71. The standard InChI is InChI=1S/C15H28N2S/c1-12(16-14-7-9-18-11-14)13-4-3-8-17(10-13)15-5-2-6-15/h12-16H,2-11H2,1H3/t12-,13+,14+/m0/s1. The van der Waals surface area contributed by atoms with E-state index in [-0.39, 0.29) is 0 Å². The van der Waals surface area contributed by atoms with Gasteiger partial charge in [0, 0.05) is 30.4 Å². The Morgan fingerprint density at radius 1 is 1.17 bits per heavy atom. The van der Waals surface area contributed by atoms with Gasteiger partial charge in [-0.25, -0.2) is 0 Å². The van der Waals surface area contributed by atoms with Crippen molar-refractivity contribution < 1.29 is 0 Å². The van der Waals surface area contributed by atoms with Crippen LogP contribution in [0.2, 0.25) is 0 Å². The second-order valence-electron chi connectivity index (χ2n) is 6.50. The van der Waals surface area contributed by atoms with Gasteiger partial charge < -0.3 is 10.2 Å². The van der Waals surface area contributed by atoms with Crippen LogP contribution in [0.4, 0.5) is 0 Å². The molecule has 0 amide bonds. The third-order valence-corrected chi connectivity index (χ3v) is 6.38. The first-order valence-electron chi connectivity index (χ1n) is 7.91. The number of hydrogen-bond acceptors (Lipinski definition) is 3. The highest BCUT2D eigenvalue weighted by atomic mass is 32.2. The Kier molecular flexibility index (Phi) is 4.53. The van der Waals surface area contributed by atoms with E-state index in [1.165, 1.54) is 63.1 Å². The summed E-state index contributed by atoms with van der Waals surface area (Å²) >= 11 is 2.12. The third-order valence-electron chi connectivity index (χ3n) is 5.22. The molecule has 18 heavy (non-hydrogen) atoms. The molecule has 104 valence electrons. The Morgan fingerprint density at radius 2 is 2.06 bits per heavy atom. The molecule has 3 rings (SSSR count). The molecular weight excluding hydrogens is 240 g/mol. The highest BCUT2D eigenvalue weighted by Gasteiger charge is 2.32. The summed E-state index contributed by atoms with van der Waals surface area (Å²) in [4.78, 5) is 2.79. The van der Waals surface area contributed by atoms with Crippen molar-refractivity contribution in [2.75, 3.05) is 24.6 Å². The first kappa shape index (κ1) is 13.3. The van der Waals surface area contributed by atoms with Gasteiger partial charge in [0.2, 0.25) is 0 Å². The van der Waals surface area contributed by atoms with Gasteiger partial charge in [0.15, 0.2) is 0 Å². The highest BCUT2D eigenvalue weighted by Crippen LogP contribution is 2.30. The lowest BCUT2D eigenvalue weighted by atomic mass is 9.85. The Bertz CT molecular complexity index is 261. The van der Waals surface area contributed by atoms with Crippen LogP contribution >= 0.6 is 11.8 Å². The Morgan fingerprint density at radius 3 is 2.72 bits per heavy atom. The predicted molar refractivity (Wildman–Crippen MR) is 80.3 cm³/mol. The molecule has 1 N–H and O–H groups in total. The number of piperidine rings is 1. The van der Waals surface area contributed by atoms with Crippen LogP contribution in [0, 0.1) is 5.92 Å². The van der Waals surface area contributed by atoms with Gasteiger partial charge in [0.25, 0.3) is 0 Å². The van der Waals surface area contributed by atoms with Gasteiger partial charge in [-0.05, 0) is 57.2 Å². The summed E-state index contributed by atoms with van der Waals surface area (Å²) in [5.41, 5.74) is 0. The number of nitrogens with one attached hydrogen (secondary N) is 1. The first-order chi connectivity index (χ1) is 8.83. The van der Waals surface area contributed by atoms with Gasteiger partial charge >= 0.3 is 0 Å². The summed E-state index contributed by atoms with van der Waals surface area (Å²) in [6.07, 6.45) is 8.65. The van der Waals surface area contributed by atoms with Crippen LogP contribution in [0.3, 0.4) is 0 Å². The average Bonchev–Trinajstić information content (AvgIpc) is 2.80. The number of hydrogen-bond donors (Lipinski definition) is 1. The van der Waals surface area contributed by atoms with Crippen LogP contribution < -0.4 is 5.32 Å². The number of thioether (sulfide) groups is 1. The maximum atomic E-state index is 3.90. The summed E-state index contributed by atoms with van der Waals surface area (Å²) in [6.45, 7) is 5.16. The number of nitrogens with zero attached hydrogens (tertiary/aromatic N) is 1. The summed E-state index contributed by atoms with van der Waals surface area (Å²) in [5, 5.41) is 3.90. The maximum absolute atomic E-state index is 3.90. The minimum Gasteiger partial charge on any atom is -0.310 e. The lowest BCUT2D eigenvalue weighted by Gasteiger charge is -2.44. The molecule has 0 spiro atoms. The van der Waals surface area contributed by atoms with E-state index >= 15 is 0 Å². The van der Waals surface area contributed by atoms with Crippen molar-refractivity contribution in [1.82, 2.24) is 10.2 Å². The van der Waals surface area contributed by atoms with Crippen molar-refractivity contribution in [2.24, 2.45) is 5.92 Å². The molecule has 0 radical (unpaired) electrons.